The zero-order chi connectivity index (χ0) is 27.5. The second kappa shape index (κ2) is 11.6. The van der Waals surface area contributed by atoms with Crippen LogP contribution in [-0.2, 0) is 20.4 Å². The van der Waals surface area contributed by atoms with Crippen molar-refractivity contribution in [3.05, 3.63) is 56.5 Å². The number of carbonyl (C=O) groups is 2. The van der Waals surface area contributed by atoms with Gasteiger partial charge in [-0.25, -0.2) is 0 Å². The maximum absolute atomic E-state index is 12.6. The van der Waals surface area contributed by atoms with E-state index in [9.17, 15) is 9.59 Å². The van der Waals surface area contributed by atoms with E-state index >= 15 is 0 Å². The first-order valence-corrected chi connectivity index (χ1v) is 13.5. The highest BCUT2D eigenvalue weighted by Crippen LogP contribution is 2.39. The molecule has 0 aromatic heterocycles. The molecule has 0 radical (unpaired) electrons. The van der Waals surface area contributed by atoms with Crippen LogP contribution in [-0.4, -0.2) is 24.3 Å². The number of nitrogens with zero attached hydrogens (tertiary/aromatic N) is 2. The molecule has 37 heavy (non-hydrogen) atoms. The van der Waals surface area contributed by atoms with Crippen LogP contribution in [0.4, 0.5) is 5.69 Å². The molecule has 2 aromatic carbocycles. The number of rotatable bonds is 9. The molecule has 0 atom stereocenters. The van der Waals surface area contributed by atoms with Crippen LogP contribution in [0.2, 0.25) is 15.1 Å². The maximum Gasteiger partial charge on any atom is 0.255 e. The Labute approximate surface area is 234 Å². The number of hydrazone groups is 1. The van der Waals surface area contributed by atoms with Gasteiger partial charge in [-0.2, -0.15) is 10.1 Å². The number of hydrogen-bond acceptors (Lipinski definition) is 4. The SMILES string of the molecule is CCC(C)(C)c1ccc(OCCC(=O)NC2=NN(c3c(Cl)cc(Cl)cc3Cl)C(=O)C2)c(C(C)(C)CC)c1. The Balaban J connectivity index is 1.67. The molecule has 200 valence electrons. The van der Waals surface area contributed by atoms with Crippen LogP contribution < -0.4 is 15.1 Å². The van der Waals surface area contributed by atoms with Crippen LogP contribution in [0.3, 0.4) is 0 Å². The smallest absolute Gasteiger partial charge is 0.255 e. The van der Waals surface area contributed by atoms with E-state index in [2.05, 4.69) is 64.1 Å². The molecule has 0 fully saturated rings. The summed E-state index contributed by atoms with van der Waals surface area (Å²) in [6.45, 7) is 13.4. The molecule has 1 aliphatic heterocycles. The van der Waals surface area contributed by atoms with Gasteiger partial charge in [-0.05, 0) is 47.4 Å². The molecule has 2 aromatic rings. The third kappa shape index (κ3) is 6.78. The van der Waals surface area contributed by atoms with E-state index in [4.69, 9.17) is 39.5 Å². The van der Waals surface area contributed by atoms with Crippen molar-refractivity contribution in [2.45, 2.75) is 78.1 Å². The molecule has 0 saturated carbocycles. The first kappa shape index (κ1) is 29.3. The number of ether oxygens (including phenoxy) is 1. The molecule has 6 nitrogen and oxygen atoms in total. The molecular formula is C28H34Cl3N3O3. The highest BCUT2D eigenvalue weighted by molar-refractivity contribution is 6.42. The molecule has 1 aliphatic rings. The molecule has 3 rings (SSSR count). The third-order valence-corrected chi connectivity index (χ3v) is 7.89. The Kier molecular flexibility index (Phi) is 9.20. The quantitative estimate of drug-likeness (QED) is 0.339. The van der Waals surface area contributed by atoms with Crippen molar-refractivity contribution in [3.8, 4) is 5.75 Å². The lowest BCUT2D eigenvalue weighted by Gasteiger charge is -2.30. The number of hydrogen-bond donors (Lipinski definition) is 1. The van der Waals surface area contributed by atoms with E-state index in [1.165, 1.54) is 17.7 Å². The van der Waals surface area contributed by atoms with Crippen LogP contribution >= 0.6 is 34.8 Å². The second-order valence-electron chi connectivity index (χ2n) is 10.5. The fraction of sp³-hybridized carbons (Fsp3) is 0.464. The van der Waals surface area contributed by atoms with Gasteiger partial charge in [0.05, 0.1) is 29.5 Å². The summed E-state index contributed by atoms with van der Waals surface area (Å²) in [5, 5.41) is 8.72. The fourth-order valence-electron chi connectivity index (χ4n) is 3.89. The highest BCUT2D eigenvalue weighted by atomic mass is 35.5. The second-order valence-corrected chi connectivity index (χ2v) is 11.7. The number of amides is 2. The summed E-state index contributed by atoms with van der Waals surface area (Å²) in [6, 6.07) is 9.31. The predicted molar refractivity (Wildman–Crippen MR) is 152 cm³/mol. The van der Waals surface area contributed by atoms with Crippen molar-refractivity contribution in [2.24, 2.45) is 5.10 Å². The van der Waals surface area contributed by atoms with Gasteiger partial charge in [0.1, 0.15) is 17.3 Å². The largest absolute Gasteiger partial charge is 0.493 e. The van der Waals surface area contributed by atoms with E-state index in [0.29, 0.717) is 5.02 Å². The normalized spacial score (nSPS) is 14.1. The van der Waals surface area contributed by atoms with E-state index in [1.807, 2.05) is 6.07 Å². The highest BCUT2D eigenvalue weighted by Gasteiger charge is 2.30. The Bertz CT molecular complexity index is 1200. The van der Waals surface area contributed by atoms with Gasteiger partial charge >= 0.3 is 0 Å². The van der Waals surface area contributed by atoms with Gasteiger partial charge in [0, 0.05) is 10.6 Å². The van der Waals surface area contributed by atoms with Crippen molar-refractivity contribution < 1.29 is 14.3 Å². The lowest BCUT2D eigenvalue weighted by atomic mass is 9.76. The molecule has 0 unspecified atom stereocenters. The van der Waals surface area contributed by atoms with Gasteiger partial charge in [0.2, 0.25) is 5.91 Å². The minimum absolute atomic E-state index is 0.0603. The zero-order valence-corrected chi connectivity index (χ0v) is 24.4. The van der Waals surface area contributed by atoms with Gasteiger partial charge in [-0.1, -0.05) is 88.5 Å². The van der Waals surface area contributed by atoms with E-state index in [-0.39, 0.29) is 63.7 Å². The average molecular weight is 567 g/mol. The number of benzene rings is 2. The minimum Gasteiger partial charge on any atom is -0.493 e. The van der Waals surface area contributed by atoms with Gasteiger partial charge in [-0.15, -0.1) is 0 Å². The molecule has 0 aliphatic carbocycles. The van der Waals surface area contributed by atoms with Gasteiger partial charge in [-0.3, -0.25) is 9.59 Å². The van der Waals surface area contributed by atoms with Crippen LogP contribution in [0.5, 0.6) is 5.75 Å². The Morgan fingerprint density at radius 2 is 1.65 bits per heavy atom. The third-order valence-electron chi connectivity index (χ3n) is 7.10. The van der Waals surface area contributed by atoms with Gasteiger partial charge in [0.25, 0.3) is 5.91 Å². The van der Waals surface area contributed by atoms with Crippen LogP contribution in [0.25, 0.3) is 0 Å². The van der Waals surface area contributed by atoms with Crippen molar-refractivity contribution in [1.29, 1.82) is 0 Å². The summed E-state index contributed by atoms with van der Waals surface area (Å²) in [5.41, 5.74) is 2.61. The summed E-state index contributed by atoms with van der Waals surface area (Å²) in [6.07, 6.45) is 2.00. The molecule has 1 N–H and O–H groups in total. The summed E-state index contributed by atoms with van der Waals surface area (Å²) in [5.74, 6) is 0.332. The summed E-state index contributed by atoms with van der Waals surface area (Å²) < 4.78 is 6.09. The van der Waals surface area contributed by atoms with E-state index in [1.54, 1.807) is 0 Å². The summed E-state index contributed by atoms with van der Waals surface area (Å²) in [4.78, 5) is 25.1. The Morgan fingerprint density at radius 1 is 1.03 bits per heavy atom. The van der Waals surface area contributed by atoms with Gasteiger partial charge in [0.15, 0.2) is 0 Å². The monoisotopic (exact) mass is 565 g/mol. The fourth-order valence-corrected chi connectivity index (χ4v) is 4.87. The molecule has 0 bridgehead atoms. The van der Waals surface area contributed by atoms with E-state index < -0.39 is 0 Å². The van der Waals surface area contributed by atoms with Crippen molar-refractivity contribution >= 4 is 58.1 Å². The average Bonchev–Trinajstić information content (AvgIpc) is 3.17. The molecule has 2 amide bonds. The molecule has 9 heteroatoms. The minimum atomic E-state index is -0.362. The molecular weight excluding hydrogens is 533 g/mol. The van der Waals surface area contributed by atoms with Crippen molar-refractivity contribution in [1.82, 2.24) is 5.32 Å². The predicted octanol–water partition coefficient (Wildman–Crippen LogP) is 7.66. The standard InChI is InChI=1S/C28H34Cl3N3O3/c1-7-27(3,4)17-9-10-22(19(13-17)28(5,6)8-2)37-12-11-24(35)32-23-16-25(36)34(33-23)26-20(30)14-18(29)15-21(26)31/h9-10,13-15H,7-8,11-12,16H2,1-6H3,(H,32,33,35). The van der Waals surface area contributed by atoms with Gasteiger partial charge < -0.3 is 10.1 Å². The lowest BCUT2D eigenvalue weighted by molar-refractivity contribution is -0.120. The van der Waals surface area contributed by atoms with Crippen LogP contribution in [0.15, 0.2) is 35.4 Å². The zero-order valence-electron chi connectivity index (χ0n) is 22.2. The molecule has 0 saturated heterocycles. The number of carbonyl (C=O) groups excluding carboxylic acids is 2. The number of nitrogens with one attached hydrogen (secondary N) is 1. The van der Waals surface area contributed by atoms with E-state index in [0.717, 1.165) is 29.2 Å². The van der Waals surface area contributed by atoms with Crippen molar-refractivity contribution in [2.75, 3.05) is 11.6 Å². The summed E-state index contributed by atoms with van der Waals surface area (Å²) in [7, 11) is 0. The molecule has 0 spiro atoms. The lowest BCUT2D eigenvalue weighted by Crippen LogP contribution is -2.30. The first-order chi connectivity index (χ1) is 17.3. The molecule has 1 heterocycles. The number of halogens is 3. The number of anilines is 1. The van der Waals surface area contributed by atoms with Crippen molar-refractivity contribution in [3.63, 3.8) is 0 Å². The first-order valence-electron chi connectivity index (χ1n) is 12.4. The maximum atomic E-state index is 12.6. The van der Waals surface area contributed by atoms with Crippen LogP contribution in [0.1, 0.15) is 78.4 Å². The van der Waals surface area contributed by atoms with Crippen LogP contribution in [0, 0.1) is 0 Å². The Morgan fingerprint density at radius 3 is 2.24 bits per heavy atom. The number of amidine groups is 1. The topological polar surface area (TPSA) is 71.0 Å². The Hall–Kier alpha value is -2.28. The summed E-state index contributed by atoms with van der Waals surface area (Å²) >= 11 is 18.4.